The lowest BCUT2D eigenvalue weighted by Crippen LogP contribution is -2.43. The molecule has 1 aliphatic carbocycles. The smallest absolute Gasteiger partial charge is 0.230 e. The summed E-state index contributed by atoms with van der Waals surface area (Å²) in [6.07, 6.45) is 10.2. The molecule has 3 heterocycles. The topological polar surface area (TPSA) is 59.4 Å². The molecule has 6 heteroatoms. The Hall–Kier alpha value is -3.12. The number of benzene rings is 2. The van der Waals surface area contributed by atoms with Crippen LogP contribution in [0.1, 0.15) is 56.2 Å². The quantitative estimate of drug-likeness (QED) is 0.523. The van der Waals surface area contributed by atoms with Gasteiger partial charge in [0.1, 0.15) is 11.5 Å². The van der Waals surface area contributed by atoms with Crippen molar-refractivity contribution >= 4 is 11.6 Å². The molecule has 3 aliphatic rings. The molecule has 3 aromatic rings. The lowest BCUT2D eigenvalue weighted by molar-refractivity contribution is -0.120. The predicted molar refractivity (Wildman–Crippen MR) is 138 cm³/mol. The largest absolute Gasteiger partial charge is 0.456 e. The van der Waals surface area contributed by atoms with Crippen molar-refractivity contribution in [1.29, 1.82) is 0 Å². The third kappa shape index (κ3) is 4.36. The number of amides is 1. The van der Waals surface area contributed by atoms with E-state index >= 15 is 0 Å². The predicted octanol–water partition coefficient (Wildman–Crippen LogP) is 5.65. The van der Waals surface area contributed by atoms with Crippen LogP contribution >= 0.6 is 0 Å². The van der Waals surface area contributed by atoms with Crippen LogP contribution in [0, 0.1) is 12.8 Å². The third-order valence-corrected chi connectivity index (χ3v) is 7.72. The maximum absolute atomic E-state index is 13.2. The van der Waals surface area contributed by atoms with E-state index in [1.54, 1.807) is 0 Å². The summed E-state index contributed by atoms with van der Waals surface area (Å²) in [4.78, 5) is 15.3. The van der Waals surface area contributed by atoms with Crippen molar-refractivity contribution in [2.45, 2.75) is 64.5 Å². The highest BCUT2D eigenvalue weighted by Crippen LogP contribution is 2.46. The van der Waals surface area contributed by atoms with Crippen LogP contribution < -0.4 is 15.0 Å². The van der Waals surface area contributed by atoms with Crippen LogP contribution in [-0.2, 0) is 11.2 Å². The maximum atomic E-state index is 13.2. The Labute approximate surface area is 207 Å². The van der Waals surface area contributed by atoms with Crippen LogP contribution in [0.2, 0.25) is 0 Å². The van der Waals surface area contributed by atoms with E-state index in [0.29, 0.717) is 6.04 Å². The minimum absolute atomic E-state index is 0.187. The Balaban J connectivity index is 1.44. The average Bonchev–Trinajstić information content (AvgIpc) is 3.61. The summed E-state index contributed by atoms with van der Waals surface area (Å²) in [5.74, 6) is 2.14. The second kappa shape index (κ2) is 9.15. The first-order valence-corrected chi connectivity index (χ1v) is 13.1. The molecule has 2 aliphatic heterocycles. The molecule has 1 saturated carbocycles. The molecule has 1 N–H and O–H groups in total. The normalized spacial score (nSPS) is 20.5. The average molecular weight is 471 g/mol. The van der Waals surface area contributed by atoms with Crippen LogP contribution in [0.5, 0.6) is 11.5 Å². The number of carbonyl (C=O) groups excluding carboxylic acids is 1. The fraction of sp³-hybridized carbons (Fsp3) is 0.448. The zero-order valence-electron chi connectivity index (χ0n) is 20.7. The van der Waals surface area contributed by atoms with Crippen LogP contribution in [0.4, 0.5) is 5.69 Å². The summed E-state index contributed by atoms with van der Waals surface area (Å²) in [5.41, 5.74) is 5.40. The highest BCUT2D eigenvalue weighted by atomic mass is 16.5. The van der Waals surface area contributed by atoms with Gasteiger partial charge >= 0.3 is 0 Å². The minimum Gasteiger partial charge on any atom is -0.456 e. The molecule has 2 fully saturated rings. The molecular weight excluding hydrogens is 436 g/mol. The van der Waals surface area contributed by atoms with E-state index in [1.165, 1.54) is 0 Å². The summed E-state index contributed by atoms with van der Waals surface area (Å²) < 4.78 is 8.77. The van der Waals surface area contributed by atoms with Crippen molar-refractivity contribution in [1.82, 2.24) is 15.1 Å². The summed E-state index contributed by atoms with van der Waals surface area (Å²) in [6.45, 7) is 6.31. The van der Waals surface area contributed by atoms with Gasteiger partial charge in [-0.25, -0.2) is 0 Å². The van der Waals surface area contributed by atoms with Gasteiger partial charge in [0.15, 0.2) is 0 Å². The number of piperidine rings is 1. The van der Waals surface area contributed by atoms with Gasteiger partial charge in [-0.2, -0.15) is 5.10 Å². The molecule has 6 rings (SSSR count). The highest BCUT2D eigenvalue weighted by molar-refractivity contribution is 5.99. The van der Waals surface area contributed by atoms with Crippen molar-refractivity contribution < 1.29 is 9.53 Å². The molecular formula is C29H34N4O2. The minimum atomic E-state index is 0.187. The Bertz CT molecular complexity index is 1240. The lowest BCUT2D eigenvalue weighted by Gasteiger charge is -2.36. The number of ether oxygens (including phenoxy) is 1. The van der Waals surface area contributed by atoms with Gasteiger partial charge in [0, 0.05) is 34.8 Å². The summed E-state index contributed by atoms with van der Waals surface area (Å²) in [5, 5.41) is 8.18. The first-order chi connectivity index (χ1) is 17.1. The summed E-state index contributed by atoms with van der Waals surface area (Å²) >= 11 is 0. The van der Waals surface area contributed by atoms with Crippen LogP contribution in [-0.4, -0.2) is 34.8 Å². The molecule has 1 atom stereocenters. The first-order valence-electron chi connectivity index (χ1n) is 13.1. The van der Waals surface area contributed by atoms with Gasteiger partial charge in [0.25, 0.3) is 0 Å². The van der Waals surface area contributed by atoms with Gasteiger partial charge in [-0.3, -0.25) is 9.48 Å². The fourth-order valence-electron chi connectivity index (χ4n) is 5.56. The van der Waals surface area contributed by atoms with E-state index in [1.807, 2.05) is 23.2 Å². The maximum Gasteiger partial charge on any atom is 0.230 e. The van der Waals surface area contributed by atoms with E-state index in [2.05, 4.69) is 54.3 Å². The Morgan fingerprint density at radius 3 is 2.69 bits per heavy atom. The van der Waals surface area contributed by atoms with Crippen LogP contribution in [0.25, 0.3) is 11.1 Å². The van der Waals surface area contributed by atoms with Gasteiger partial charge in [-0.15, -0.1) is 0 Å². The molecule has 1 aromatic heterocycles. The number of hydrogen-bond donors (Lipinski definition) is 1. The monoisotopic (exact) mass is 470 g/mol. The van der Waals surface area contributed by atoms with E-state index in [0.717, 1.165) is 91.1 Å². The number of fused-ring (bicyclic) bond motifs is 1. The molecule has 35 heavy (non-hydrogen) atoms. The highest BCUT2D eigenvalue weighted by Gasteiger charge is 2.39. The fourth-order valence-corrected chi connectivity index (χ4v) is 5.56. The van der Waals surface area contributed by atoms with Gasteiger partial charge in [-0.05, 0) is 95.3 Å². The van der Waals surface area contributed by atoms with Crippen molar-refractivity contribution in [3.05, 3.63) is 59.9 Å². The molecule has 0 spiro atoms. The Kier molecular flexibility index (Phi) is 5.85. The molecule has 1 saturated heterocycles. The summed E-state index contributed by atoms with van der Waals surface area (Å²) in [6, 6.07) is 13.1. The van der Waals surface area contributed by atoms with Gasteiger partial charge in [0.2, 0.25) is 5.91 Å². The molecule has 0 unspecified atom stereocenters. The van der Waals surface area contributed by atoms with E-state index in [4.69, 9.17) is 9.84 Å². The SMILES string of the molecule is Cc1cccc(Oc2c(-c3cnn(C4CCNCC4)c3)ccc3c2CC[C@H](C)N3C(=O)C2CC2)c1. The molecule has 2 aromatic carbocycles. The van der Waals surface area contributed by atoms with Crippen molar-refractivity contribution in [3.8, 4) is 22.6 Å². The summed E-state index contributed by atoms with van der Waals surface area (Å²) in [7, 11) is 0. The van der Waals surface area contributed by atoms with E-state index < -0.39 is 0 Å². The second-order valence-electron chi connectivity index (χ2n) is 10.4. The zero-order valence-corrected chi connectivity index (χ0v) is 20.7. The number of nitrogens with zero attached hydrogens (tertiary/aromatic N) is 3. The van der Waals surface area contributed by atoms with Gasteiger partial charge in [-0.1, -0.05) is 12.1 Å². The Morgan fingerprint density at radius 2 is 1.91 bits per heavy atom. The van der Waals surface area contributed by atoms with Crippen molar-refractivity contribution in [2.75, 3.05) is 18.0 Å². The first kappa shape index (κ1) is 22.4. The lowest BCUT2D eigenvalue weighted by atomic mass is 9.92. The van der Waals surface area contributed by atoms with Gasteiger partial charge < -0.3 is 15.0 Å². The molecule has 6 nitrogen and oxygen atoms in total. The van der Waals surface area contributed by atoms with E-state index in [9.17, 15) is 4.79 Å². The van der Waals surface area contributed by atoms with Gasteiger partial charge in [0.05, 0.1) is 17.9 Å². The number of carbonyl (C=O) groups is 1. The number of hydrogen-bond acceptors (Lipinski definition) is 4. The number of nitrogens with one attached hydrogen (secondary N) is 1. The zero-order chi connectivity index (χ0) is 23.9. The molecule has 0 bridgehead atoms. The van der Waals surface area contributed by atoms with Crippen LogP contribution in [0.3, 0.4) is 0 Å². The van der Waals surface area contributed by atoms with E-state index in [-0.39, 0.29) is 17.9 Å². The molecule has 0 radical (unpaired) electrons. The van der Waals surface area contributed by atoms with Crippen molar-refractivity contribution in [3.63, 3.8) is 0 Å². The Morgan fingerprint density at radius 1 is 1.09 bits per heavy atom. The second-order valence-corrected chi connectivity index (χ2v) is 10.4. The number of aromatic nitrogens is 2. The number of rotatable bonds is 5. The molecule has 1 amide bonds. The standard InChI is InChI=1S/C29H34N4O2/c1-19-4-3-5-24(16-19)35-28-25(22-17-31-32(18-22)23-12-14-30-15-13-23)10-11-27-26(28)9-6-20(2)33(27)29(34)21-7-8-21/h3-5,10-11,16-18,20-21,23,30H,6-9,12-15H2,1-2H3/t20-/m0/s1. The molecule has 182 valence electrons. The number of aryl methyl sites for hydroxylation is 1. The third-order valence-electron chi connectivity index (χ3n) is 7.72. The van der Waals surface area contributed by atoms with Crippen molar-refractivity contribution in [2.24, 2.45) is 5.92 Å². The number of anilines is 1. The van der Waals surface area contributed by atoms with Crippen LogP contribution in [0.15, 0.2) is 48.8 Å².